The summed E-state index contributed by atoms with van der Waals surface area (Å²) in [6.45, 7) is 2.75. The summed E-state index contributed by atoms with van der Waals surface area (Å²) in [5.74, 6) is -0.290. The number of aryl methyl sites for hydroxylation is 1. The summed E-state index contributed by atoms with van der Waals surface area (Å²) in [6, 6.07) is 15.0. The van der Waals surface area contributed by atoms with Crippen LogP contribution >= 0.6 is 0 Å². The number of hydrogen-bond acceptors (Lipinski definition) is 5. The highest BCUT2D eigenvalue weighted by Gasteiger charge is 2.24. The lowest BCUT2D eigenvalue weighted by Gasteiger charge is -2.19. The van der Waals surface area contributed by atoms with Crippen molar-refractivity contribution in [3.63, 3.8) is 0 Å². The van der Waals surface area contributed by atoms with Crippen LogP contribution in [0.25, 0.3) is 10.8 Å². The van der Waals surface area contributed by atoms with Gasteiger partial charge >= 0.3 is 5.97 Å². The molecule has 0 spiro atoms. The zero-order valence-electron chi connectivity index (χ0n) is 16.2. The van der Waals surface area contributed by atoms with Crippen LogP contribution in [-0.4, -0.2) is 38.0 Å². The van der Waals surface area contributed by atoms with Crippen molar-refractivity contribution < 1.29 is 19.0 Å². The molecule has 6 nitrogen and oxygen atoms in total. The van der Waals surface area contributed by atoms with Gasteiger partial charge in [0.15, 0.2) is 11.4 Å². The largest absolute Gasteiger partial charge is 0.488 e. The molecule has 0 aliphatic heterocycles. The van der Waals surface area contributed by atoms with Crippen LogP contribution < -0.4 is 10.3 Å². The number of nitrogens with zero attached hydrogens (tertiary/aromatic N) is 1. The highest BCUT2D eigenvalue weighted by molar-refractivity contribution is 5.99. The van der Waals surface area contributed by atoms with Crippen molar-refractivity contribution in [3.05, 3.63) is 75.7 Å². The highest BCUT2D eigenvalue weighted by Crippen LogP contribution is 2.30. The molecule has 0 aliphatic carbocycles. The Bertz CT molecular complexity index is 1040. The van der Waals surface area contributed by atoms with Crippen molar-refractivity contribution in [1.82, 2.24) is 4.57 Å². The van der Waals surface area contributed by atoms with Gasteiger partial charge in [-0.25, -0.2) is 4.79 Å². The highest BCUT2D eigenvalue weighted by atomic mass is 16.5. The van der Waals surface area contributed by atoms with Crippen molar-refractivity contribution in [2.45, 2.75) is 13.5 Å². The summed E-state index contributed by atoms with van der Waals surface area (Å²) in [4.78, 5) is 25.9. The molecule has 0 bridgehead atoms. The molecule has 0 radical (unpaired) electrons. The fourth-order valence-electron chi connectivity index (χ4n) is 3.12. The van der Waals surface area contributed by atoms with E-state index in [9.17, 15) is 9.59 Å². The van der Waals surface area contributed by atoms with Gasteiger partial charge in [0, 0.05) is 12.5 Å². The van der Waals surface area contributed by atoms with E-state index >= 15 is 0 Å². The van der Waals surface area contributed by atoms with Gasteiger partial charge < -0.3 is 14.2 Å². The number of aromatic nitrogens is 1. The van der Waals surface area contributed by atoms with Crippen LogP contribution in [0.15, 0.2) is 53.3 Å². The van der Waals surface area contributed by atoms with Crippen LogP contribution in [0.1, 0.15) is 21.6 Å². The molecule has 0 fully saturated rings. The summed E-state index contributed by atoms with van der Waals surface area (Å²) >= 11 is 0. The lowest BCUT2D eigenvalue weighted by molar-refractivity contribution is 0.0579. The van der Waals surface area contributed by atoms with E-state index in [1.807, 2.05) is 49.4 Å². The predicted octanol–water partition coefficient (Wildman–Crippen LogP) is 3.17. The second kappa shape index (κ2) is 8.71. The molecule has 3 rings (SSSR count). The molecule has 0 N–H and O–H groups in total. The second-order valence-electron chi connectivity index (χ2n) is 6.44. The lowest BCUT2D eigenvalue weighted by Crippen LogP contribution is -2.29. The minimum atomic E-state index is -0.621. The minimum absolute atomic E-state index is 0.102. The van der Waals surface area contributed by atoms with E-state index in [1.165, 1.54) is 11.7 Å². The first-order chi connectivity index (χ1) is 13.6. The summed E-state index contributed by atoms with van der Waals surface area (Å²) in [5, 5.41) is 1.08. The molecule has 6 heteroatoms. The molecule has 0 amide bonds. The van der Waals surface area contributed by atoms with Crippen LogP contribution in [-0.2, 0) is 16.0 Å². The average Bonchev–Trinajstić information content (AvgIpc) is 2.71. The monoisotopic (exact) mass is 381 g/mol. The summed E-state index contributed by atoms with van der Waals surface area (Å²) in [7, 11) is 2.86. The number of ether oxygens (including phenoxy) is 3. The van der Waals surface area contributed by atoms with Crippen molar-refractivity contribution in [1.29, 1.82) is 0 Å². The van der Waals surface area contributed by atoms with Gasteiger partial charge in [-0.3, -0.25) is 9.36 Å². The normalized spacial score (nSPS) is 10.8. The molecule has 1 aromatic heterocycles. The Kier molecular flexibility index (Phi) is 6.11. The Morgan fingerprint density at radius 1 is 1.00 bits per heavy atom. The zero-order valence-corrected chi connectivity index (χ0v) is 16.2. The maximum Gasteiger partial charge on any atom is 0.358 e. The molecule has 0 saturated heterocycles. The topological polar surface area (TPSA) is 66.8 Å². The fraction of sp³-hybridized carbons (Fsp3) is 0.273. The van der Waals surface area contributed by atoms with Crippen molar-refractivity contribution in [2.24, 2.45) is 0 Å². The molecule has 0 saturated carbocycles. The predicted molar refractivity (Wildman–Crippen MR) is 107 cm³/mol. The first kappa shape index (κ1) is 19.6. The van der Waals surface area contributed by atoms with Gasteiger partial charge in [-0.2, -0.15) is 0 Å². The zero-order chi connectivity index (χ0) is 20.1. The third kappa shape index (κ3) is 3.92. The number of hydrogen-bond donors (Lipinski definition) is 0. The van der Waals surface area contributed by atoms with E-state index in [0.29, 0.717) is 23.1 Å². The average molecular weight is 381 g/mol. The maximum absolute atomic E-state index is 13.2. The minimum Gasteiger partial charge on any atom is -0.488 e. The van der Waals surface area contributed by atoms with Crippen LogP contribution in [0.3, 0.4) is 0 Å². The molecule has 28 heavy (non-hydrogen) atoms. The van der Waals surface area contributed by atoms with E-state index in [2.05, 4.69) is 0 Å². The number of methoxy groups -OCH3 is 2. The van der Waals surface area contributed by atoms with Gasteiger partial charge in [0.2, 0.25) is 0 Å². The van der Waals surface area contributed by atoms with E-state index in [4.69, 9.17) is 14.2 Å². The van der Waals surface area contributed by atoms with Gasteiger partial charge in [-0.05, 0) is 24.6 Å². The maximum atomic E-state index is 13.2. The van der Waals surface area contributed by atoms with Crippen LogP contribution in [0, 0.1) is 6.92 Å². The molecule has 0 atom stereocenters. The smallest absolute Gasteiger partial charge is 0.358 e. The number of esters is 1. The Labute approximate surface area is 163 Å². The SMILES string of the molecule is COCCOc1c(C(=O)OC)n(Cc2ccccc2)c(=O)c2ccc(C)cc12. The van der Waals surface area contributed by atoms with Gasteiger partial charge in [-0.1, -0.05) is 42.0 Å². The Morgan fingerprint density at radius 3 is 2.43 bits per heavy atom. The van der Waals surface area contributed by atoms with E-state index < -0.39 is 5.97 Å². The third-order valence-corrected chi connectivity index (χ3v) is 4.48. The molecular formula is C22H23NO5. The third-order valence-electron chi connectivity index (χ3n) is 4.48. The van der Waals surface area contributed by atoms with E-state index in [0.717, 1.165) is 11.1 Å². The Hall–Kier alpha value is -3.12. The molecule has 146 valence electrons. The first-order valence-corrected chi connectivity index (χ1v) is 8.98. The number of fused-ring (bicyclic) bond motifs is 1. The second-order valence-corrected chi connectivity index (χ2v) is 6.44. The van der Waals surface area contributed by atoms with E-state index in [1.54, 1.807) is 13.2 Å². The van der Waals surface area contributed by atoms with Crippen molar-refractivity contribution in [3.8, 4) is 5.75 Å². The first-order valence-electron chi connectivity index (χ1n) is 8.98. The lowest BCUT2D eigenvalue weighted by atomic mass is 10.1. The Balaban J connectivity index is 2.30. The van der Waals surface area contributed by atoms with Crippen LogP contribution in [0.4, 0.5) is 0 Å². The van der Waals surface area contributed by atoms with Crippen molar-refractivity contribution in [2.75, 3.05) is 27.4 Å². The molecular weight excluding hydrogens is 358 g/mol. The number of carbonyl (C=O) groups excluding carboxylic acids is 1. The molecule has 3 aromatic rings. The quantitative estimate of drug-likeness (QED) is 0.465. The van der Waals surface area contributed by atoms with Crippen LogP contribution in [0.5, 0.6) is 5.75 Å². The summed E-state index contributed by atoms with van der Waals surface area (Å²) in [6.07, 6.45) is 0. The van der Waals surface area contributed by atoms with Gasteiger partial charge in [0.05, 0.1) is 25.6 Å². The molecule has 0 unspecified atom stereocenters. The van der Waals surface area contributed by atoms with Crippen molar-refractivity contribution >= 4 is 16.7 Å². The summed E-state index contributed by atoms with van der Waals surface area (Å²) in [5.41, 5.74) is 1.69. The Morgan fingerprint density at radius 2 is 1.75 bits per heavy atom. The van der Waals surface area contributed by atoms with Gasteiger partial charge in [0.1, 0.15) is 6.61 Å². The number of benzene rings is 2. The van der Waals surface area contributed by atoms with E-state index in [-0.39, 0.29) is 24.4 Å². The fourth-order valence-corrected chi connectivity index (χ4v) is 3.12. The number of rotatable bonds is 7. The van der Waals surface area contributed by atoms with Crippen LogP contribution in [0.2, 0.25) is 0 Å². The molecule has 2 aromatic carbocycles. The molecule has 1 heterocycles. The van der Waals surface area contributed by atoms with Gasteiger partial charge in [0.25, 0.3) is 5.56 Å². The number of carbonyl (C=O) groups is 1. The van der Waals surface area contributed by atoms with Gasteiger partial charge in [-0.15, -0.1) is 0 Å². The summed E-state index contributed by atoms with van der Waals surface area (Å²) < 4.78 is 17.4. The number of pyridine rings is 1. The molecule has 0 aliphatic rings. The standard InChI is InChI=1S/C22H23NO5/c1-15-9-10-17-18(13-15)20(28-12-11-26-2)19(22(25)27-3)23(21(17)24)14-16-7-5-4-6-8-16/h4-10,13H,11-12,14H2,1-3H3.